The highest BCUT2D eigenvalue weighted by atomic mass is 19.3. The second-order valence-corrected chi connectivity index (χ2v) is 3.61. The Morgan fingerprint density at radius 1 is 1.41 bits per heavy atom. The fourth-order valence-corrected chi connectivity index (χ4v) is 1.57. The lowest BCUT2D eigenvalue weighted by atomic mass is 9.99. The molecule has 0 heterocycles. The van der Waals surface area contributed by atoms with Crippen molar-refractivity contribution >= 4 is 12.3 Å². The molecule has 0 atom stereocenters. The van der Waals surface area contributed by atoms with Crippen LogP contribution >= 0.6 is 0 Å². The third kappa shape index (κ3) is 3.94. The van der Waals surface area contributed by atoms with E-state index in [-0.39, 0.29) is 11.1 Å². The van der Waals surface area contributed by atoms with Crippen LogP contribution in [0.15, 0.2) is 18.2 Å². The van der Waals surface area contributed by atoms with E-state index >= 15 is 0 Å². The summed E-state index contributed by atoms with van der Waals surface area (Å²) in [6.07, 6.45) is -1.67. The van der Waals surface area contributed by atoms with Crippen molar-refractivity contribution in [2.75, 3.05) is 0 Å². The second-order valence-electron chi connectivity index (χ2n) is 3.61. The number of rotatable bonds is 6. The molecule has 0 fully saturated rings. The van der Waals surface area contributed by atoms with E-state index in [2.05, 4.69) is 0 Å². The second kappa shape index (κ2) is 6.08. The van der Waals surface area contributed by atoms with Crippen LogP contribution in [0.2, 0.25) is 0 Å². The number of aryl methyl sites for hydroxylation is 1. The first kappa shape index (κ1) is 13.3. The van der Waals surface area contributed by atoms with Gasteiger partial charge in [-0.15, -0.1) is 0 Å². The zero-order chi connectivity index (χ0) is 12.8. The van der Waals surface area contributed by atoms with Gasteiger partial charge in [0, 0.05) is 12.0 Å². The average molecular weight is 242 g/mol. The van der Waals surface area contributed by atoms with E-state index < -0.39 is 18.8 Å². The Labute approximate surface area is 97.1 Å². The van der Waals surface area contributed by atoms with Crippen molar-refractivity contribution in [3.8, 4) is 0 Å². The normalized spacial score (nSPS) is 10.5. The Balaban J connectivity index is 3.00. The third-order valence-electron chi connectivity index (χ3n) is 2.34. The fourth-order valence-electron chi connectivity index (χ4n) is 1.57. The van der Waals surface area contributed by atoms with Crippen molar-refractivity contribution in [2.24, 2.45) is 0 Å². The first-order valence-electron chi connectivity index (χ1n) is 5.10. The summed E-state index contributed by atoms with van der Waals surface area (Å²) in [5, 5.41) is 8.64. The van der Waals surface area contributed by atoms with Crippen LogP contribution in [0.4, 0.5) is 8.78 Å². The summed E-state index contributed by atoms with van der Waals surface area (Å²) in [5.74, 6) is -1.15. The molecule has 0 aliphatic heterocycles. The minimum atomic E-state index is -2.69. The summed E-state index contributed by atoms with van der Waals surface area (Å²) in [6.45, 7) is 0. The molecule has 0 aromatic heterocycles. The Morgan fingerprint density at radius 2 is 2.12 bits per heavy atom. The SMILES string of the molecule is O=CCCc1ccc(C(F)F)c(CC(=O)O)c1. The van der Waals surface area contributed by atoms with Gasteiger partial charge in [0.05, 0.1) is 6.42 Å². The lowest BCUT2D eigenvalue weighted by molar-refractivity contribution is -0.136. The van der Waals surface area contributed by atoms with Crippen LogP contribution in [-0.4, -0.2) is 17.4 Å². The molecule has 0 spiro atoms. The molecular formula is C12H12F2O3. The molecule has 5 heteroatoms. The summed E-state index contributed by atoms with van der Waals surface area (Å²) in [5.41, 5.74) is 0.538. The quantitative estimate of drug-likeness (QED) is 0.779. The topological polar surface area (TPSA) is 54.4 Å². The van der Waals surface area contributed by atoms with Crippen LogP contribution in [0.5, 0.6) is 0 Å². The minimum absolute atomic E-state index is 0.107. The zero-order valence-corrected chi connectivity index (χ0v) is 9.03. The number of aldehydes is 1. The first-order valence-corrected chi connectivity index (χ1v) is 5.10. The number of halogens is 2. The summed E-state index contributed by atoms with van der Waals surface area (Å²) in [6, 6.07) is 4.15. The van der Waals surface area contributed by atoms with Crippen LogP contribution in [0.3, 0.4) is 0 Å². The number of alkyl halides is 2. The molecule has 92 valence electrons. The minimum Gasteiger partial charge on any atom is -0.481 e. The molecular weight excluding hydrogens is 230 g/mol. The smallest absolute Gasteiger partial charge is 0.307 e. The van der Waals surface area contributed by atoms with Crippen LogP contribution in [0.25, 0.3) is 0 Å². The largest absolute Gasteiger partial charge is 0.481 e. The number of carbonyl (C=O) groups is 2. The predicted octanol–water partition coefficient (Wildman–Crippen LogP) is 2.38. The summed E-state index contributed by atoms with van der Waals surface area (Å²) < 4.78 is 25.2. The molecule has 1 rings (SSSR count). The molecule has 1 aromatic rings. The number of carboxylic acid groups (broad SMARTS) is 1. The predicted molar refractivity (Wildman–Crippen MR) is 57.1 cm³/mol. The number of carbonyl (C=O) groups excluding carboxylic acids is 1. The van der Waals surface area contributed by atoms with Gasteiger partial charge in [-0.3, -0.25) is 4.79 Å². The highest BCUT2D eigenvalue weighted by Gasteiger charge is 2.15. The van der Waals surface area contributed by atoms with Gasteiger partial charge >= 0.3 is 5.97 Å². The molecule has 0 aliphatic rings. The van der Waals surface area contributed by atoms with Gasteiger partial charge in [0.15, 0.2) is 0 Å². The van der Waals surface area contributed by atoms with Crippen molar-refractivity contribution in [3.63, 3.8) is 0 Å². The van der Waals surface area contributed by atoms with Gasteiger partial charge in [-0.1, -0.05) is 18.2 Å². The van der Waals surface area contributed by atoms with Crippen molar-refractivity contribution < 1.29 is 23.5 Å². The van der Waals surface area contributed by atoms with E-state index in [1.54, 1.807) is 0 Å². The van der Waals surface area contributed by atoms with Gasteiger partial charge in [0.2, 0.25) is 0 Å². The van der Waals surface area contributed by atoms with Crippen molar-refractivity contribution in [1.29, 1.82) is 0 Å². The number of benzene rings is 1. The van der Waals surface area contributed by atoms with Gasteiger partial charge in [0.25, 0.3) is 6.43 Å². The monoisotopic (exact) mass is 242 g/mol. The Hall–Kier alpha value is -1.78. The van der Waals surface area contributed by atoms with E-state index in [0.29, 0.717) is 18.4 Å². The molecule has 3 nitrogen and oxygen atoms in total. The van der Waals surface area contributed by atoms with Gasteiger partial charge < -0.3 is 9.90 Å². The Bertz CT molecular complexity index is 416. The molecule has 0 amide bonds. The summed E-state index contributed by atoms with van der Waals surface area (Å²) in [4.78, 5) is 20.8. The van der Waals surface area contributed by atoms with Gasteiger partial charge in [-0.2, -0.15) is 0 Å². The molecule has 0 saturated carbocycles. The van der Waals surface area contributed by atoms with Crippen molar-refractivity contribution in [2.45, 2.75) is 25.7 Å². The van der Waals surface area contributed by atoms with E-state index in [1.807, 2.05) is 0 Å². The van der Waals surface area contributed by atoms with Crippen molar-refractivity contribution in [3.05, 3.63) is 34.9 Å². The molecule has 0 bridgehead atoms. The molecule has 1 N–H and O–H groups in total. The number of hydrogen-bond donors (Lipinski definition) is 1. The molecule has 0 aliphatic carbocycles. The standard InChI is InChI=1S/C12H12F2O3/c13-12(14)10-4-3-8(2-1-5-15)6-9(10)7-11(16)17/h3-6,12H,1-2,7H2,(H,16,17). The highest BCUT2D eigenvalue weighted by Crippen LogP contribution is 2.24. The Morgan fingerprint density at radius 3 is 2.65 bits per heavy atom. The molecule has 1 aromatic carbocycles. The van der Waals surface area contributed by atoms with E-state index in [0.717, 1.165) is 6.29 Å². The van der Waals surface area contributed by atoms with Crippen molar-refractivity contribution in [1.82, 2.24) is 0 Å². The summed E-state index contributed by atoms with van der Waals surface area (Å²) >= 11 is 0. The molecule has 17 heavy (non-hydrogen) atoms. The van der Waals surface area contributed by atoms with Gasteiger partial charge in [0.1, 0.15) is 6.29 Å². The highest BCUT2D eigenvalue weighted by molar-refractivity contribution is 5.71. The van der Waals surface area contributed by atoms with E-state index in [4.69, 9.17) is 5.11 Å². The van der Waals surface area contributed by atoms with Crippen LogP contribution in [0, 0.1) is 0 Å². The molecule has 0 saturated heterocycles. The van der Waals surface area contributed by atoms with E-state index in [1.165, 1.54) is 18.2 Å². The zero-order valence-electron chi connectivity index (χ0n) is 9.03. The first-order chi connectivity index (χ1) is 8.04. The van der Waals surface area contributed by atoms with Gasteiger partial charge in [-0.25, -0.2) is 8.78 Å². The number of aliphatic carboxylic acids is 1. The summed E-state index contributed by atoms with van der Waals surface area (Å²) in [7, 11) is 0. The lowest BCUT2D eigenvalue weighted by Gasteiger charge is -2.09. The number of hydrogen-bond acceptors (Lipinski definition) is 2. The lowest BCUT2D eigenvalue weighted by Crippen LogP contribution is -2.05. The fraction of sp³-hybridized carbons (Fsp3) is 0.333. The maximum Gasteiger partial charge on any atom is 0.307 e. The van der Waals surface area contributed by atoms with Crippen LogP contribution in [0.1, 0.15) is 29.5 Å². The average Bonchev–Trinajstić information content (AvgIpc) is 2.25. The number of carboxylic acids is 1. The maximum atomic E-state index is 12.6. The maximum absolute atomic E-state index is 12.6. The molecule has 0 radical (unpaired) electrons. The van der Waals surface area contributed by atoms with Crippen LogP contribution < -0.4 is 0 Å². The van der Waals surface area contributed by atoms with Gasteiger partial charge in [-0.05, 0) is 17.5 Å². The van der Waals surface area contributed by atoms with Crippen LogP contribution in [-0.2, 0) is 22.4 Å². The third-order valence-corrected chi connectivity index (χ3v) is 2.34. The molecule has 0 unspecified atom stereocenters. The Kier molecular flexibility index (Phi) is 4.75. The van der Waals surface area contributed by atoms with E-state index in [9.17, 15) is 18.4 Å².